The number of hydrogen-bond acceptors (Lipinski definition) is 2. The first-order valence-electron chi connectivity index (χ1n) is 6.80. The molecule has 0 unspecified atom stereocenters. The van der Waals surface area contributed by atoms with Crippen LogP contribution in [-0.4, -0.2) is 11.2 Å². The maximum atomic E-state index is 12.1. The second kappa shape index (κ2) is 7.53. The van der Waals surface area contributed by atoms with Gasteiger partial charge in [-0.3, -0.25) is 4.79 Å². The Kier molecular flexibility index (Phi) is 5.71. The molecular weight excluding hydrogens is 302 g/mol. The molecule has 0 bridgehead atoms. The van der Waals surface area contributed by atoms with E-state index in [0.29, 0.717) is 11.6 Å². The van der Waals surface area contributed by atoms with E-state index in [1.54, 1.807) is 0 Å². The van der Waals surface area contributed by atoms with Crippen LogP contribution in [0.5, 0.6) is 0 Å². The van der Waals surface area contributed by atoms with Crippen molar-refractivity contribution in [2.24, 2.45) is 0 Å². The topological polar surface area (TPSA) is 29.1 Å². The second-order valence-corrected chi connectivity index (χ2v) is 6.77. The van der Waals surface area contributed by atoms with Gasteiger partial charge in [0.1, 0.15) is 0 Å². The maximum absolute atomic E-state index is 12.1. The van der Waals surface area contributed by atoms with Gasteiger partial charge in [-0.2, -0.15) is 0 Å². The highest BCUT2D eigenvalue weighted by molar-refractivity contribution is 8.00. The number of carbonyl (C=O) groups excluding carboxylic acids is 1. The highest BCUT2D eigenvalue weighted by Gasteiger charge is 2.13. The van der Waals surface area contributed by atoms with Crippen molar-refractivity contribution >= 4 is 29.3 Å². The van der Waals surface area contributed by atoms with Crippen LogP contribution in [0.2, 0.25) is 5.02 Å². The molecule has 0 radical (unpaired) electrons. The van der Waals surface area contributed by atoms with Gasteiger partial charge in [-0.05, 0) is 43.7 Å². The van der Waals surface area contributed by atoms with Gasteiger partial charge < -0.3 is 5.32 Å². The first-order valence-corrected chi connectivity index (χ1v) is 8.06. The van der Waals surface area contributed by atoms with Crippen LogP contribution >= 0.6 is 23.4 Å². The van der Waals surface area contributed by atoms with Crippen LogP contribution in [0.3, 0.4) is 0 Å². The van der Waals surface area contributed by atoms with Crippen molar-refractivity contribution in [3.63, 3.8) is 0 Å². The minimum absolute atomic E-state index is 0.0375. The fourth-order valence-corrected chi connectivity index (χ4v) is 2.83. The maximum Gasteiger partial charge on any atom is 0.233 e. The molecule has 0 aliphatic carbocycles. The zero-order chi connectivity index (χ0) is 15.2. The Hall–Kier alpha value is -1.45. The van der Waals surface area contributed by atoms with Crippen LogP contribution in [0, 0.1) is 6.92 Å². The van der Waals surface area contributed by atoms with Crippen molar-refractivity contribution in [1.29, 1.82) is 0 Å². The number of carbonyl (C=O) groups is 1. The van der Waals surface area contributed by atoms with Crippen LogP contribution in [0.1, 0.15) is 18.1 Å². The molecule has 2 nitrogen and oxygen atoms in total. The smallest absolute Gasteiger partial charge is 0.233 e. The molecule has 0 aromatic heterocycles. The molecule has 1 N–H and O–H groups in total. The van der Waals surface area contributed by atoms with Gasteiger partial charge in [0.15, 0.2) is 0 Å². The van der Waals surface area contributed by atoms with E-state index in [-0.39, 0.29) is 11.2 Å². The third-order valence-corrected chi connectivity index (χ3v) is 4.45. The lowest BCUT2D eigenvalue weighted by Gasteiger charge is -2.12. The Balaban J connectivity index is 1.84. The third kappa shape index (κ3) is 5.10. The normalized spacial score (nSPS) is 12.0. The zero-order valence-corrected chi connectivity index (χ0v) is 13.7. The zero-order valence-electron chi connectivity index (χ0n) is 12.1. The summed E-state index contributed by atoms with van der Waals surface area (Å²) in [4.78, 5) is 13.1. The largest absolute Gasteiger partial charge is 0.351 e. The van der Waals surface area contributed by atoms with Crippen molar-refractivity contribution in [2.45, 2.75) is 30.5 Å². The van der Waals surface area contributed by atoms with Gasteiger partial charge in [-0.15, -0.1) is 11.8 Å². The molecule has 2 rings (SSSR count). The van der Waals surface area contributed by atoms with E-state index < -0.39 is 0 Å². The molecule has 21 heavy (non-hydrogen) atoms. The van der Waals surface area contributed by atoms with Gasteiger partial charge >= 0.3 is 0 Å². The first-order chi connectivity index (χ1) is 10.0. The second-order valence-electron chi connectivity index (χ2n) is 4.92. The molecule has 4 heteroatoms. The number of hydrogen-bond donors (Lipinski definition) is 1. The molecule has 1 atom stereocenters. The van der Waals surface area contributed by atoms with Gasteiger partial charge in [-0.1, -0.05) is 41.4 Å². The molecule has 110 valence electrons. The fourth-order valence-electron chi connectivity index (χ4n) is 1.81. The van der Waals surface area contributed by atoms with Crippen molar-refractivity contribution in [1.82, 2.24) is 5.32 Å². The Labute approximate surface area is 134 Å². The fraction of sp³-hybridized carbons (Fsp3) is 0.235. The van der Waals surface area contributed by atoms with Gasteiger partial charge in [0.2, 0.25) is 5.91 Å². The number of aryl methyl sites for hydroxylation is 1. The Bertz CT molecular complexity index is 595. The van der Waals surface area contributed by atoms with E-state index in [2.05, 4.69) is 5.32 Å². The molecule has 0 fully saturated rings. The lowest BCUT2D eigenvalue weighted by molar-refractivity contribution is -0.120. The Morgan fingerprint density at radius 3 is 2.38 bits per heavy atom. The summed E-state index contributed by atoms with van der Waals surface area (Å²) < 4.78 is 0. The van der Waals surface area contributed by atoms with Crippen LogP contribution in [0.4, 0.5) is 0 Å². The number of amides is 1. The van der Waals surface area contributed by atoms with E-state index >= 15 is 0 Å². The summed E-state index contributed by atoms with van der Waals surface area (Å²) in [5, 5.41) is 3.53. The van der Waals surface area contributed by atoms with Crippen LogP contribution in [0.25, 0.3) is 0 Å². The van der Waals surface area contributed by atoms with Gasteiger partial charge in [0.05, 0.1) is 5.25 Å². The van der Waals surface area contributed by atoms with E-state index in [1.807, 2.05) is 62.4 Å². The van der Waals surface area contributed by atoms with Crippen LogP contribution < -0.4 is 5.32 Å². The monoisotopic (exact) mass is 319 g/mol. The average molecular weight is 320 g/mol. The molecule has 0 aliphatic rings. The van der Waals surface area contributed by atoms with Gasteiger partial charge in [0, 0.05) is 16.5 Å². The van der Waals surface area contributed by atoms with Crippen molar-refractivity contribution in [3.8, 4) is 0 Å². The van der Waals surface area contributed by atoms with Crippen LogP contribution in [-0.2, 0) is 11.3 Å². The summed E-state index contributed by atoms with van der Waals surface area (Å²) >= 11 is 7.38. The number of halogens is 1. The number of rotatable bonds is 5. The van der Waals surface area contributed by atoms with E-state index in [0.717, 1.165) is 10.5 Å². The molecule has 2 aromatic rings. The van der Waals surface area contributed by atoms with Crippen molar-refractivity contribution in [3.05, 3.63) is 64.7 Å². The number of thioether (sulfide) groups is 1. The summed E-state index contributed by atoms with van der Waals surface area (Å²) in [6.45, 7) is 4.52. The molecule has 0 saturated carbocycles. The lowest BCUT2D eigenvalue weighted by atomic mass is 10.1. The lowest BCUT2D eigenvalue weighted by Crippen LogP contribution is -2.30. The molecule has 0 heterocycles. The Morgan fingerprint density at radius 1 is 1.14 bits per heavy atom. The quantitative estimate of drug-likeness (QED) is 0.825. The summed E-state index contributed by atoms with van der Waals surface area (Å²) in [6.07, 6.45) is 0. The summed E-state index contributed by atoms with van der Waals surface area (Å²) in [5.74, 6) is 0.0375. The predicted molar refractivity (Wildman–Crippen MR) is 89.8 cm³/mol. The Morgan fingerprint density at radius 2 is 1.76 bits per heavy atom. The summed E-state index contributed by atoms with van der Waals surface area (Å²) in [5.41, 5.74) is 2.33. The van der Waals surface area contributed by atoms with Crippen molar-refractivity contribution < 1.29 is 4.79 Å². The highest BCUT2D eigenvalue weighted by Crippen LogP contribution is 2.24. The molecule has 1 amide bonds. The summed E-state index contributed by atoms with van der Waals surface area (Å²) in [6, 6.07) is 15.7. The first kappa shape index (κ1) is 15.9. The van der Waals surface area contributed by atoms with Gasteiger partial charge in [0.25, 0.3) is 0 Å². The molecule has 0 saturated heterocycles. The summed E-state index contributed by atoms with van der Waals surface area (Å²) in [7, 11) is 0. The molecule has 2 aromatic carbocycles. The van der Waals surface area contributed by atoms with E-state index in [4.69, 9.17) is 11.6 Å². The standard InChI is InChI=1S/C17H18ClNOS/c1-12-3-5-14(6-4-12)11-19-17(20)13(2)21-16-9-7-15(18)8-10-16/h3-10,13H,11H2,1-2H3,(H,19,20)/t13-/m0/s1. The minimum atomic E-state index is -0.142. The molecular formula is C17H18ClNOS. The SMILES string of the molecule is Cc1ccc(CNC(=O)[C@H](C)Sc2ccc(Cl)cc2)cc1. The minimum Gasteiger partial charge on any atom is -0.351 e. The average Bonchev–Trinajstić information content (AvgIpc) is 2.48. The van der Waals surface area contributed by atoms with Crippen LogP contribution in [0.15, 0.2) is 53.4 Å². The van der Waals surface area contributed by atoms with Gasteiger partial charge in [-0.25, -0.2) is 0 Å². The van der Waals surface area contributed by atoms with E-state index in [1.165, 1.54) is 17.3 Å². The number of benzene rings is 2. The molecule has 0 aliphatic heterocycles. The molecule has 0 spiro atoms. The number of nitrogens with one attached hydrogen (secondary N) is 1. The predicted octanol–water partition coefficient (Wildman–Crippen LogP) is 4.45. The van der Waals surface area contributed by atoms with Crippen molar-refractivity contribution in [2.75, 3.05) is 0 Å². The third-order valence-electron chi connectivity index (χ3n) is 3.08. The highest BCUT2D eigenvalue weighted by atomic mass is 35.5. The van der Waals surface area contributed by atoms with E-state index in [9.17, 15) is 4.79 Å².